The maximum absolute atomic E-state index is 11.6. The van der Waals surface area contributed by atoms with Gasteiger partial charge in [-0.05, 0) is 45.6 Å². The van der Waals surface area contributed by atoms with Crippen LogP contribution in [0, 0.1) is 0 Å². The van der Waals surface area contributed by atoms with E-state index in [9.17, 15) is 4.79 Å². The van der Waals surface area contributed by atoms with Crippen molar-refractivity contribution in [1.82, 2.24) is 9.80 Å². The molecule has 0 aromatic carbocycles. The van der Waals surface area contributed by atoms with Crippen molar-refractivity contribution in [1.29, 1.82) is 0 Å². The van der Waals surface area contributed by atoms with Crippen LogP contribution in [0.15, 0.2) is 0 Å². The van der Waals surface area contributed by atoms with Crippen molar-refractivity contribution >= 4 is 5.97 Å². The predicted molar refractivity (Wildman–Crippen MR) is 80.4 cm³/mol. The first kappa shape index (κ1) is 18.4. The third-order valence-electron chi connectivity index (χ3n) is 3.40. The molecule has 0 spiro atoms. The fourth-order valence-corrected chi connectivity index (χ4v) is 1.97. The third-order valence-corrected chi connectivity index (χ3v) is 3.40. The number of unbranched alkanes of at least 4 members (excludes halogenated alkanes) is 1. The summed E-state index contributed by atoms with van der Waals surface area (Å²) in [5.74, 6) is -0.0851. The minimum atomic E-state index is -0.0851. The Morgan fingerprint density at radius 3 is 2.00 bits per heavy atom. The predicted octanol–water partition coefficient (Wildman–Crippen LogP) is 2.38. The van der Waals surface area contributed by atoms with Gasteiger partial charge in [-0.1, -0.05) is 34.1 Å². The molecule has 4 heteroatoms. The molecule has 0 aromatic heterocycles. The van der Waals surface area contributed by atoms with Crippen LogP contribution in [0.4, 0.5) is 0 Å². The van der Waals surface area contributed by atoms with Gasteiger partial charge in [0.1, 0.15) is 0 Å². The van der Waals surface area contributed by atoms with E-state index < -0.39 is 0 Å². The monoisotopic (exact) mass is 272 g/mol. The number of ether oxygens (including phenoxy) is 1. The zero-order valence-corrected chi connectivity index (χ0v) is 13.3. The number of hydrogen-bond acceptors (Lipinski definition) is 4. The van der Waals surface area contributed by atoms with E-state index in [1.165, 1.54) is 0 Å². The van der Waals surface area contributed by atoms with E-state index in [1.54, 1.807) is 0 Å². The molecule has 0 rings (SSSR count). The van der Waals surface area contributed by atoms with E-state index in [1.807, 2.05) is 0 Å². The van der Waals surface area contributed by atoms with E-state index in [0.717, 1.165) is 52.0 Å². The Labute approximate surface area is 119 Å². The highest BCUT2D eigenvalue weighted by atomic mass is 16.5. The minimum Gasteiger partial charge on any atom is -0.465 e. The summed E-state index contributed by atoms with van der Waals surface area (Å²) in [6, 6.07) is 0. The molecule has 0 heterocycles. The van der Waals surface area contributed by atoms with Crippen molar-refractivity contribution in [3.63, 3.8) is 0 Å². The topological polar surface area (TPSA) is 32.8 Å². The van der Waals surface area contributed by atoms with Gasteiger partial charge in [0.2, 0.25) is 0 Å². The molecule has 0 aliphatic rings. The van der Waals surface area contributed by atoms with Gasteiger partial charge in [-0.25, -0.2) is 0 Å². The van der Waals surface area contributed by atoms with Gasteiger partial charge in [0, 0.05) is 0 Å². The molecule has 0 N–H and O–H groups in total. The van der Waals surface area contributed by atoms with Crippen LogP contribution in [0.25, 0.3) is 0 Å². The quantitative estimate of drug-likeness (QED) is 0.403. The molecule has 0 amide bonds. The first-order chi connectivity index (χ1) is 9.17. The van der Waals surface area contributed by atoms with Crippen molar-refractivity contribution in [2.24, 2.45) is 0 Å². The van der Waals surface area contributed by atoms with Crippen LogP contribution < -0.4 is 0 Å². The SMILES string of the molecule is CCCCOC(=O)CN(CC)CCCN(CC)CC. The molecular weight excluding hydrogens is 240 g/mol. The molecule has 114 valence electrons. The van der Waals surface area contributed by atoms with Crippen LogP contribution in [0.5, 0.6) is 0 Å². The van der Waals surface area contributed by atoms with Gasteiger partial charge in [-0.3, -0.25) is 9.69 Å². The van der Waals surface area contributed by atoms with Crippen LogP contribution in [0.1, 0.15) is 47.0 Å². The summed E-state index contributed by atoms with van der Waals surface area (Å²) in [4.78, 5) is 16.2. The van der Waals surface area contributed by atoms with Crippen molar-refractivity contribution in [2.45, 2.75) is 47.0 Å². The lowest BCUT2D eigenvalue weighted by Crippen LogP contribution is -2.34. The molecule has 0 bridgehead atoms. The summed E-state index contributed by atoms with van der Waals surface area (Å²) in [6.45, 7) is 14.7. The maximum atomic E-state index is 11.6. The Hall–Kier alpha value is -0.610. The number of carbonyl (C=O) groups is 1. The number of hydrogen-bond donors (Lipinski definition) is 0. The molecule has 4 nitrogen and oxygen atoms in total. The summed E-state index contributed by atoms with van der Waals surface area (Å²) in [7, 11) is 0. The summed E-state index contributed by atoms with van der Waals surface area (Å²) in [5.41, 5.74) is 0. The fourth-order valence-electron chi connectivity index (χ4n) is 1.97. The number of likely N-dealkylation sites (N-methyl/N-ethyl adjacent to an activating group) is 1. The lowest BCUT2D eigenvalue weighted by Gasteiger charge is -2.22. The number of carbonyl (C=O) groups excluding carboxylic acids is 1. The molecule has 0 radical (unpaired) electrons. The van der Waals surface area contributed by atoms with Crippen LogP contribution in [-0.4, -0.2) is 61.6 Å². The molecule has 0 aliphatic carbocycles. The molecule has 0 saturated heterocycles. The Morgan fingerprint density at radius 1 is 0.895 bits per heavy atom. The average Bonchev–Trinajstić information content (AvgIpc) is 2.42. The van der Waals surface area contributed by atoms with Gasteiger partial charge in [0.25, 0.3) is 0 Å². The zero-order valence-electron chi connectivity index (χ0n) is 13.3. The largest absolute Gasteiger partial charge is 0.465 e. The Balaban J connectivity index is 3.78. The van der Waals surface area contributed by atoms with Gasteiger partial charge >= 0.3 is 5.97 Å². The van der Waals surface area contributed by atoms with Gasteiger partial charge < -0.3 is 9.64 Å². The third kappa shape index (κ3) is 9.91. The Bertz CT molecular complexity index is 218. The van der Waals surface area contributed by atoms with Gasteiger partial charge in [-0.15, -0.1) is 0 Å². The van der Waals surface area contributed by atoms with Crippen molar-refractivity contribution in [3.05, 3.63) is 0 Å². The molecule has 0 unspecified atom stereocenters. The first-order valence-electron chi connectivity index (χ1n) is 7.78. The first-order valence-corrected chi connectivity index (χ1v) is 7.78. The number of esters is 1. The molecule has 0 aliphatic heterocycles. The molecule has 19 heavy (non-hydrogen) atoms. The number of nitrogens with zero attached hydrogens (tertiary/aromatic N) is 2. The van der Waals surface area contributed by atoms with Crippen molar-refractivity contribution < 1.29 is 9.53 Å². The van der Waals surface area contributed by atoms with Crippen LogP contribution >= 0.6 is 0 Å². The smallest absolute Gasteiger partial charge is 0.320 e. The van der Waals surface area contributed by atoms with Crippen LogP contribution in [0.2, 0.25) is 0 Å². The lowest BCUT2D eigenvalue weighted by molar-refractivity contribution is -0.145. The van der Waals surface area contributed by atoms with E-state index in [0.29, 0.717) is 13.2 Å². The van der Waals surface area contributed by atoms with E-state index in [-0.39, 0.29) is 5.97 Å². The summed E-state index contributed by atoms with van der Waals surface area (Å²) >= 11 is 0. The summed E-state index contributed by atoms with van der Waals surface area (Å²) < 4.78 is 5.19. The zero-order chi connectivity index (χ0) is 14.5. The maximum Gasteiger partial charge on any atom is 0.320 e. The van der Waals surface area contributed by atoms with Crippen LogP contribution in [-0.2, 0) is 9.53 Å². The molecule has 0 aromatic rings. The summed E-state index contributed by atoms with van der Waals surface area (Å²) in [6.07, 6.45) is 3.13. The molecule has 0 atom stereocenters. The highest BCUT2D eigenvalue weighted by Crippen LogP contribution is 1.97. The summed E-state index contributed by atoms with van der Waals surface area (Å²) in [5, 5.41) is 0. The Kier molecular flexibility index (Phi) is 12.0. The molecule has 0 saturated carbocycles. The van der Waals surface area contributed by atoms with E-state index in [4.69, 9.17) is 4.74 Å². The van der Waals surface area contributed by atoms with Gasteiger partial charge in [0.05, 0.1) is 13.2 Å². The standard InChI is InChI=1S/C15H32N2O2/c1-5-9-13-19-15(18)14-17(8-4)12-10-11-16(6-2)7-3/h5-14H2,1-4H3. The highest BCUT2D eigenvalue weighted by molar-refractivity contribution is 5.71. The molecular formula is C15H32N2O2. The second-order valence-corrected chi connectivity index (χ2v) is 4.82. The van der Waals surface area contributed by atoms with E-state index >= 15 is 0 Å². The minimum absolute atomic E-state index is 0.0851. The Morgan fingerprint density at radius 2 is 1.47 bits per heavy atom. The fraction of sp³-hybridized carbons (Fsp3) is 0.933. The van der Waals surface area contributed by atoms with Crippen molar-refractivity contribution in [2.75, 3.05) is 45.9 Å². The van der Waals surface area contributed by atoms with Gasteiger partial charge in [-0.2, -0.15) is 0 Å². The number of rotatable bonds is 12. The van der Waals surface area contributed by atoms with Crippen molar-refractivity contribution in [3.8, 4) is 0 Å². The van der Waals surface area contributed by atoms with E-state index in [2.05, 4.69) is 37.5 Å². The molecule has 0 fully saturated rings. The average molecular weight is 272 g/mol. The highest BCUT2D eigenvalue weighted by Gasteiger charge is 2.10. The second kappa shape index (κ2) is 12.4. The normalized spacial score (nSPS) is 11.3. The second-order valence-electron chi connectivity index (χ2n) is 4.82. The lowest BCUT2D eigenvalue weighted by atomic mass is 10.3. The van der Waals surface area contributed by atoms with Crippen LogP contribution in [0.3, 0.4) is 0 Å². The van der Waals surface area contributed by atoms with Gasteiger partial charge in [0.15, 0.2) is 0 Å².